The summed E-state index contributed by atoms with van der Waals surface area (Å²) in [5, 5.41) is 4.12. The molecule has 1 fully saturated rings. The number of anilines is 1. The van der Waals surface area contributed by atoms with Crippen LogP contribution in [0.1, 0.15) is 62.0 Å². The lowest BCUT2D eigenvalue weighted by Crippen LogP contribution is -2.40. The summed E-state index contributed by atoms with van der Waals surface area (Å²) in [6, 6.07) is 14.7. The van der Waals surface area contributed by atoms with Crippen molar-refractivity contribution >= 4 is 29.5 Å². The fourth-order valence-electron chi connectivity index (χ4n) is 5.20. The minimum Gasteiger partial charge on any atom is -0.377 e. The lowest BCUT2D eigenvalue weighted by atomic mass is 9.96. The maximum Gasteiger partial charge on any atom is 0.256 e. The zero-order valence-electron chi connectivity index (χ0n) is 22.0. The number of benzene rings is 2. The SMILES string of the molecule is CCOCc1cc(CN2C(=O)C3(CCCC3)N=C2C)ccc1-c1ccccc1SNc1noc(C)c1C. The van der Waals surface area contributed by atoms with Crippen LogP contribution in [0.25, 0.3) is 11.1 Å². The van der Waals surface area contributed by atoms with Gasteiger partial charge in [-0.2, -0.15) is 0 Å². The van der Waals surface area contributed by atoms with Gasteiger partial charge in [0.2, 0.25) is 0 Å². The van der Waals surface area contributed by atoms with E-state index in [1.54, 1.807) is 0 Å². The Balaban J connectivity index is 1.41. The molecule has 0 unspecified atom stereocenters. The Morgan fingerprint density at radius 3 is 2.62 bits per heavy atom. The highest BCUT2D eigenvalue weighted by atomic mass is 32.2. The number of rotatable bonds is 9. The summed E-state index contributed by atoms with van der Waals surface area (Å²) in [7, 11) is 0. The van der Waals surface area contributed by atoms with Crippen LogP contribution in [0.2, 0.25) is 0 Å². The second-order valence-corrected chi connectivity index (χ2v) is 10.7. The molecule has 0 atom stereocenters. The van der Waals surface area contributed by atoms with E-state index < -0.39 is 5.54 Å². The van der Waals surface area contributed by atoms with Crippen LogP contribution < -0.4 is 4.72 Å². The molecule has 8 heteroatoms. The minimum absolute atomic E-state index is 0.157. The van der Waals surface area contributed by atoms with Gasteiger partial charge in [0.25, 0.3) is 5.91 Å². The topological polar surface area (TPSA) is 80.0 Å². The van der Waals surface area contributed by atoms with Crippen LogP contribution in [0.5, 0.6) is 0 Å². The van der Waals surface area contributed by atoms with Gasteiger partial charge in [0.15, 0.2) is 5.82 Å². The third-order valence-corrected chi connectivity index (χ3v) is 8.28. The molecule has 2 aliphatic rings. The first-order valence-corrected chi connectivity index (χ1v) is 13.8. The van der Waals surface area contributed by atoms with Crippen molar-refractivity contribution < 1.29 is 14.1 Å². The van der Waals surface area contributed by atoms with E-state index in [0.717, 1.165) is 75.8 Å². The number of nitrogens with zero attached hydrogens (tertiary/aromatic N) is 3. The molecule has 2 aromatic carbocycles. The lowest BCUT2D eigenvalue weighted by molar-refractivity contribution is -0.131. The highest BCUT2D eigenvalue weighted by Crippen LogP contribution is 2.40. The van der Waals surface area contributed by atoms with Gasteiger partial charge in [0.05, 0.1) is 13.2 Å². The van der Waals surface area contributed by atoms with Crippen LogP contribution in [0, 0.1) is 13.8 Å². The zero-order chi connectivity index (χ0) is 26.0. The molecule has 1 amide bonds. The summed E-state index contributed by atoms with van der Waals surface area (Å²) in [4.78, 5) is 21.1. The van der Waals surface area contributed by atoms with Gasteiger partial charge < -0.3 is 14.0 Å². The average molecular weight is 519 g/mol. The van der Waals surface area contributed by atoms with E-state index in [9.17, 15) is 4.79 Å². The number of carbonyl (C=O) groups excluding carboxylic acids is 1. The monoisotopic (exact) mass is 518 g/mol. The molecule has 3 aromatic rings. The quantitative estimate of drug-likeness (QED) is 0.318. The third-order valence-electron chi connectivity index (χ3n) is 7.40. The number of amides is 1. The summed E-state index contributed by atoms with van der Waals surface area (Å²) < 4.78 is 14.5. The summed E-state index contributed by atoms with van der Waals surface area (Å²) in [5.41, 5.74) is 4.88. The van der Waals surface area contributed by atoms with Gasteiger partial charge in [-0.1, -0.05) is 54.4 Å². The van der Waals surface area contributed by atoms with Crippen molar-refractivity contribution in [2.75, 3.05) is 11.3 Å². The van der Waals surface area contributed by atoms with Crippen molar-refractivity contribution in [3.8, 4) is 11.1 Å². The molecule has 1 N–H and O–H groups in total. The van der Waals surface area contributed by atoms with E-state index in [1.807, 2.05) is 44.7 Å². The van der Waals surface area contributed by atoms with E-state index in [1.165, 1.54) is 11.9 Å². The molecule has 1 saturated carbocycles. The standard InChI is InChI=1S/C29H34N4O3S/c1-5-35-18-23-16-22(17-33-21(4)30-29(28(33)34)14-8-9-15-29)12-13-24(23)25-10-6-7-11-26(25)37-32-27-19(2)20(3)36-31-27/h6-7,10-13,16H,5,8-9,14-15,17-18H2,1-4H3,(H,31,32). The fourth-order valence-corrected chi connectivity index (χ4v) is 6.04. The van der Waals surface area contributed by atoms with Crippen molar-refractivity contribution in [1.29, 1.82) is 0 Å². The predicted molar refractivity (Wildman–Crippen MR) is 148 cm³/mol. The van der Waals surface area contributed by atoms with E-state index >= 15 is 0 Å². The first-order chi connectivity index (χ1) is 17.9. The molecule has 37 heavy (non-hydrogen) atoms. The highest BCUT2D eigenvalue weighted by molar-refractivity contribution is 8.00. The number of ether oxygens (including phenoxy) is 1. The number of carbonyl (C=O) groups is 1. The molecule has 1 aliphatic heterocycles. The normalized spacial score (nSPS) is 16.6. The zero-order valence-corrected chi connectivity index (χ0v) is 22.8. The summed E-state index contributed by atoms with van der Waals surface area (Å²) in [5.74, 6) is 2.52. The van der Waals surface area contributed by atoms with Crippen LogP contribution in [0.4, 0.5) is 5.82 Å². The van der Waals surface area contributed by atoms with Crippen LogP contribution in [-0.2, 0) is 22.7 Å². The Kier molecular flexibility index (Phi) is 7.40. The van der Waals surface area contributed by atoms with E-state index in [4.69, 9.17) is 14.3 Å². The average Bonchev–Trinajstić information content (AvgIpc) is 3.57. The van der Waals surface area contributed by atoms with Gasteiger partial charge >= 0.3 is 0 Å². The smallest absolute Gasteiger partial charge is 0.256 e. The minimum atomic E-state index is -0.512. The second kappa shape index (κ2) is 10.7. The first-order valence-electron chi connectivity index (χ1n) is 12.9. The molecule has 5 rings (SSSR count). The van der Waals surface area contributed by atoms with Crippen molar-refractivity contribution in [2.45, 2.75) is 77.0 Å². The molecule has 0 saturated heterocycles. The number of aliphatic imine (C=N–C) groups is 1. The van der Waals surface area contributed by atoms with Crippen molar-refractivity contribution in [1.82, 2.24) is 10.1 Å². The molecule has 1 aromatic heterocycles. The number of aryl methyl sites for hydroxylation is 1. The van der Waals surface area contributed by atoms with E-state index in [-0.39, 0.29) is 5.91 Å². The van der Waals surface area contributed by atoms with Gasteiger partial charge in [0.1, 0.15) is 17.1 Å². The summed E-state index contributed by atoms with van der Waals surface area (Å²) in [6.07, 6.45) is 3.88. The number of hydrogen-bond donors (Lipinski definition) is 1. The summed E-state index contributed by atoms with van der Waals surface area (Å²) in [6.45, 7) is 9.51. The maximum absolute atomic E-state index is 13.3. The first kappa shape index (κ1) is 25.5. The number of hydrogen-bond acceptors (Lipinski definition) is 7. The van der Waals surface area contributed by atoms with Gasteiger partial charge in [-0.3, -0.25) is 14.7 Å². The second-order valence-electron chi connectivity index (χ2n) is 9.83. The lowest BCUT2D eigenvalue weighted by Gasteiger charge is -2.22. The molecular weight excluding hydrogens is 484 g/mol. The van der Waals surface area contributed by atoms with Gasteiger partial charge in [-0.25, -0.2) is 0 Å². The Morgan fingerprint density at radius 2 is 1.89 bits per heavy atom. The fraction of sp³-hybridized carbons (Fsp3) is 0.414. The molecule has 1 spiro atoms. The van der Waals surface area contributed by atoms with Crippen LogP contribution in [0.3, 0.4) is 0 Å². The Hall–Kier alpha value is -3.10. The highest BCUT2D eigenvalue weighted by Gasteiger charge is 2.48. The molecule has 7 nitrogen and oxygen atoms in total. The molecule has 0 bridgehead atoms. The predicted octanol–water partition coefficient (Wildman–Crippen LogP) is 6.69. The van der Waals surface area contributed by atoms with Gasteiger partial charge in [0, 0.05) is 17.1 Å². The maximum atomic E-state index is 13.3. The van der Waals surface area contributed by atoms with Crippen molar-refractivity contribution in [3.63, 3.8) is 0 Å². The Morgan fingerprint density at radius 1 is 1.11 bits per heavy atom. The largest absolute Gasteiger partial charge is 0.377 e. The third kappa shape index (κ3) is 5.05. The molecular formula is C29H34N4O3S. The van der Waals surface area contributed by atoms with Crippen molar-refractivity contribution in [3.05, 3.63) is 64.9 Å². The van der Waals surface area contributed by atoms with Gasteiger partial charge in [-0.15, -0.1) is 0 Å². The van der Waals surface area contributed by atoms with Crippen LogP contribution in [0.15, 0.2) is 56.9 Å². The van der Waals surface area contributed by atoms with E-state index in [2.05, 4.69) is 40.2 Å². The number of nitrogens with one attached hydrogen (secondary N) is 1. The van der Waals surface area contributed by atoms with Crippen LogP contribution >= 0.6 is 11.9 Å². The Labute approximate surface area is 222 Å². The Bertz CT molecular complexity index is 1330. The number of amidine groups is 1. The molecule has 2 heterocycles. The molecule has 0 radical (unpaired) electrons. The van der Waals surface area contributed by atoms with Gasteiger partial charge in [-0.05, 0) is 80.8 Å². The molecule has 194 valence electrons. The number of aromatic nitrogens is 1. The summed E-state index contributed by atoms with van der Waals surface area (Å²) >= 11 is 1.51. The van der Waals surface area contributed by atoms with Crippen LogP contribution in [-0.4, -0.2) is 33.9 Å². The molecule has 1 aliphatic carbocycles. The van der Waals surface area contributed by atoms with Crippen molar-refractivity contribution in [2.24, 2.45) is 4.99 Å². The van der Waals surface area contributed by atoms with E-state index in [0.29, 0.717) is 19.8 Å².